The summed E-state index contributed by atoms with van der Waals surface area (Å²) in [5.74, 6) is 1.04. The second-order valence-corrected chi connectivity index (χ2v) is 7.88. The van der Waals surface area contributed by atoms with E-state index >= 15 is 0 Å². The number of carbonyl (C=O) groups excluding carboxylic acids is 2. The second-order valence-electron chi connectivity index (χ2n) is 7.88. The number of Topliss-reactive ketones (excluding diaryl/α,β-unsaturated/α-hetero) is 1. The molecular formula is C24H36O4. The number of methoxy groups -OCH3 is 1. The molecule has 1 rings (SSSR count). The zero-order chi connectivity index (χ0) is 20.9. The number of carbonyl (C=O) groups is 2. The highest BCUT2D eigenvalue weighted by Gasteiger charge is 2.19. The third-order valence-corrected chi connectivity index (χ3v) is 5.13. The summed E-state index contributed by atoms with van der Waals surface area (Å²) in [6.07, 6.45) is 16.0. The molecule has 3 atom stereocenters. The molecule has 0 bridgehead atoms. The molecule has 0 aromatic rings. The van der Waals surface area contributed by atoms with Crippen LogP contribution in [0.3, 0.4) is 0 Å². The van der Waals surface area contributed by atoms with E-state index < -0.39 is 0 Å². The lowest BCUT2D eigenvalue weighted by Crippen LogP contribution is -2.19. The third-order valence-electron chi connectivity index (χ3n) is 5.13. The van der Waals surface area contributed by atoms with Crippen LogP contribution in [0, 0.1) is 11.8 Å². The van der Waals surface area contributed by atoms with Crippen LogP contribution in [-0.4, -0.2) is 31.9 Å². The molecule has 0 aliphatic carbocycles. The molecule has 0 spiro atoms. The highest BCUT2D eigenvalue weighted by Crippen LogP contribution is 2.25. The first-order valence-electron chi connectivity index (χ1n) is 10.2. The Morgan fingerprint density at radius 2 is 2.04 bits per heavy atom. The molecule has 28 heavy (non-hydrogen) atoms. The molecule has 0 unspecified atom stereocenters. The zero-order valence-corrected chi connectivity index (χ0v) is 18.1. The average Bonchev–Trinajstić information content (AvgIpc) is 2.67. The second kappa shape index (κ2) is 13.3. The minimum absolute atomic E-state index is 0.0195. The van der Waals surface area contributed by atoms with Gasteiger partial charge in [-0.25, -0.2) is 0 Å². The molecule has 0 saturated heterocycles. The molecular weight excluding hydrogens is 352 g/mol. The molecule has 4 nitrogen and oxygen atoms in total. The Morgan fingerprint density at radius 1 is 1.29 bits per heavy atom. The van der Waals surface area contributed by atoms with E-state index in [-0.39, 0.29) is 24.4 Å². The minimum Gasteiger partial charge on any atom is -0.487 e. The van der Waals surface area contributed by atoms with E-state index in [1.54, 1.807) is 7.11 Å². The molecule has 0 fully saturated rings. The maximum absolute atomic E-state index is 11.8. The monoisotopic (exact) mass is 388 g/mol. The van der Waals surface area contributed by atoms with Crippen LogP contribution in [0.5, 0.6) is 0 Å². The van der Waals surface area contributed by atoms with Gasteiger partial charge in [0.1, 0.15) is 6.61 Å². The lowest BCUT2D eigenvalue weighted by atomic mass is 9.94. The summed E-state index contributed by atoms with van der Waals surface area (Å²) in [6.45, 7) is 8.35. The van der Waals surface area contributed by atoms with Gasteiger partial charge in [-0.3, -0.25) is 9.59 Å². The summed E-state index contributed by atoms with van der Waals surface area (Å²) in [6, 6.07) is 0. The van der Waals surface area contributed by atoms with Crippen molar-refractivity contribution in [3.8, 4) is 0 Å². The van der Waals surface area contributed by atoms with E-state index in [4.69, 9.17) is 9.47 Å². The van der Waals surface area contributed by atoms with Gasteiger partial charge >= 0.3 is 0 Å². The van der Waals surface area contributed by atoms with Gasteiger partial charge in [-0.15, -0.1) is 0 Å². The summed E-state index contributed by atoms with van der Waals surface area (Å²) in [5, 5.41) is 0. The van der Waals surface area contributed by atoms with Gasteiger partial charge in [0, 0.05) is 13.0 Å². The van der Waals surface area contributed by atoms with Crippen LogP contribution in [-0.2, 0) is 19.1 Å². The Labute approximate surface area is 170 Å². The van der Waals surface area contributed by atoms with Gasteiger partial charge in [0.05, 0.1) is 6.10 Å². The molecule has 1 heterocycles. The summed E-state index contributed by atoms with van der Waals surface area (Å²) in [7, 11) is 1.55. The quantitative estimate of drug-likeness (QED) is 0.334. The number of ether oxygens (including phenoxy) is 2. The Kier molecular flexibility index (Phi) is 11.4. The molecule has 1 aliphatic heterocycles. The Hall–Kier alpha value is -1.94. The predicted octanol–water partition coefficient (Wildman–Crippen LogP) is 5.36. The molecule has 4 heteroatoms. The van der Waals surface area contributed by atoms with E-state index in [1.807, 2.05) is 32.1 Å². The van der Waals surface area contributed by atoms with Crippen LogP contribution >= 0.6 is 0 Å². The SMILES string of the molecule is COCC(=O)[C@H](C)C[C@H](C)/C=C/C=C/C=C(\C)CC[C@@H]1CCC(C)=C(C=O)O1. The molecule has 0 N–H and O–H groups in total. The van der Waals surface area contributed by atoms with Crippen LogP contribution in [0.25, 0.3) is 0 Å². The van der Waals surface area contributed by atoms with Gasteiger partial charge in [0.15, 0.2) is 17.8 Å². The maximum Gasteiger partial charge on any atom is 0.184 e. The predicted molar refractivity (Wildman–Crippen MR) is 114 cm³/mol. The summed E-state index contributed by atoms with van der Waals surface area (Å²) >= 11 is 0. The van der Waals surface area contributed by atoms with Gasteiger partial charge in [-0.05, 0) is 57.4 Å². The topological polar surface area (TPSA) is 52.6 Å². The number of hydrogen-bond acceptors (Lipinski definition) is 4. The summed E-state index contributed by atoms with van der Waals surface area (Å²) in [4.78, 5) is 22.8. The van der Waals surface area contributed by atoms with Crippen LogP contribution in [0.4, 0.5) is 0 Å². The Bertz CT molecular complexity index is 625. The largest absolute Gasteiger partial charge is 0.487 e. The fraction of sp³-hybridized carbons (Fsp3) is 0.583. The van der Waals surface area contributed by atoms with Crippen molar-refractivity contribution >= 4 is 12.1 Å². The van der Waals surface area contributed by atoms with Crippen molar-refractivity contribution in [2.45, 2.75) is 65.9 Å². The Balaban J connectivity index is 2.34. The summed E-state index contributed by atoms with van der Waals surface area (Å²) in [5.41, 5.74) is 2.35. The number of hydrogen-bond donors (Lipinski definition) is 0. The standard InChI is InChI=1S/C24H36O4/c1-18(11-13-22-14-12-20(3)24(16-25)28-22)9-7-6-8-10-19(2)15-21(4)23(26)17-27-5/h6-10,16,19,21-22H,11-15,17H2,1-5H3/b7-6+,10-8+,18-9+/t19-,21-,22-/m1/s1. The van der Waals surface area contributed by atoms with Crippen LogP contribution < -0.4 is 0 Å². The zero-order valence-electron chi connectivity index (χ0n) is 18.1. The lowest BCUT2D eigenvalue weighted by Gasteiger charge is -2.25. The molecule has 0 radical (unpaired) electrons. The normalized spacial score (nSPS) is 20.5. The maximum atomic E-state index is 11.8. The fourth-order valence-electron chi connectivity index (χ4n) is 3.23. The van der Waals surface area contributed by atoms with Crippen molar-refractivity contribution in [3.05, 3.63) is 47.3 Å². The molecule has 0 amide bonds. The van der Waals surface area contributed by atoms with E-state index in [0.29, 0.717) is 11.7 Å². The smallest absolute Gasteiger partial charge is 0.184 e. The highest BCUT2D eigenvalue weighted by atomic mass is 16.5. The van der Waals surface area contributed by atoms with E-state index in [1.165, 1.54) is 5.57 Å². The molecule has 0 aromatic carbocycles. The highest BCUT2D eigenvalue weighted by molar-refractivity contribution is 5.81. The molecule has 0 aromatic heterocycles. The number of ketones is 1. The van der Waals surface area contributed by atoms with Gasteiger partial charge in [-0.1, -0.05) is 49.8 Å². The number of allylic oxidation sites excluding steroid dienone is 8. The number of aldehydes is 1. The van der Waals surface area contributed by atoms with E-state index in [2.05, 4.69) is 26.0 Å². The lowest BCUT2D eigenvalue weighted by molar-refractivity contribution is -0.126. The van der Waals surface area contributed by atoms with Gasteiger partial charge in [-0.2, -0.15) is 0 Å². The first kappa shape index (κ1) is 24.1. The van der Waals surface area contributed by atoms with Crippen molar-refractivity contribution in [1.82, 2.24) is 0 Å². The molecule has 156 valence electrons. The van der Waals surface area contributed by atoms with Crippen molar-refractivity contribution < 1.29 is 19.1 Å². The summed E-state index contributed by atoms with van der Waals surface area (Å²) < 4.78 is 10.7. The van der Waals surface area contributed by atoms with Crippen molar-refractivity contribution in [2.75, 3.05) is 13.7 Å². The van der Waals surface area contributed by atoms with Crippen molar-refractivity contribution in [1.29, 1.82) is 0 Å². The van der Waals surface area contributed by atoms with Gasteiger partial charge < -0.3 is 9.47 Å². The first-order valence-corrected chi connectivity index (χ1v) is 10.2. The fourth-order valence-corrected chi connectivity index (χ4v) is 3.23. The average molecular weight is 389 g/mol. The van der Waals surface area contributed by atoms with Crippen molar-refractivity contribution in [3.63, 3.8) is 0 Å². The van der Waals surface area contributed by atoms with Gasteiger partial charge in [0.2, 0.25) is 0 Å². The third kappa shape index (κ3) is 9.32. The minimum atomic E-state index is 0.0195. The van der Waals surface area contributed by atoms with E-state index in [0.717, 1.165) is 44.0 Å². The first-order chi connectivity index (χ1) is 13.4. The molecule has 1 aliphatic rings. The van der Waals surface area contributed by atoms with Crippen LogP contribution in [0.1, 0.15) is 59.8 Å². The molecule has 0 saturated carbocycles. The van der Waals surface area contributed by atoms with Crippen LogP contribution in [0.15, 0.2) is 47.3 Å². The van der Waals surface area contributed by atoms with Crippen molar-refractivity contribution in [2.24, 2.45) is 11.8 Å². The van der Waals surface area contributed by atoms with E-state index in [9.17, 15) is 9.59 Å². The Morgan fingerprint density at radius 3 is 2.71 bits per heavy atom. The number of rotatable bonds is 12. The van der Waals surface area contributed by atoms with Gasteiger partial charge in [0.25, 0.3) is 0 Å². The van der Waals surface area contributed by atoms with Crippen LogP contribution in [0.2, 0.25) is 0 Å².